The smallest absolute Gasteiger partial charge is 0.0585 e. The lowest BCUT2D eigenvalue weighted by atomic mass is 9.78. The summed E-state index contributed by atoms with van der Waals surface area (Å²) in [6, 6.07) is 0. The van der Waals surface area contributed by atoms with E-state index in [4.69, 9.17) is 5.73 Å². The zero-order valence-corrected chi connectivity index (χ0v) is 8.21. The summed E-state index contributed by atoms with van der Waals surface area (Å²) in [4.78, 5) is 0. The minimum atomic E-state index is -0.174. The lowest BCUT2D eigenvalue weighted by molar-refractivity contribution is 0.0494. The normalized spacial score (nSPS) is 30.5. The summed E-state index contributed by atoms with van der Waals surface area (Å²) < 4.78 is 0. The molecule has 3 N–H and O–H groups in total. The Hall–Kier alpha value is -0.0800. The van der Waals surface area contributed by atoms with Crippen molar-refractivity contribution < 1.29 is 5.11 Å². The third-order valence-electron chi connectivity index (χ3n) is 3.27. The third-order valence-corrected chi connectivity index (χ3v) is 3.27. The number of aliphatic hydroxyl groups excluding tert-OH is 1. The second kappa shape index (κ2) is 3.75. The number of rotatable bonds is 3. The van der Waals surface area contributed by atoms with Crippen LogP contribution in [0, 0.1) is 11.3 Å². The van der Waals surface area contributed by atoms with Gasteiger partial charge in [0.1, 0.15) is 0 Å². The molecule has 0 radical (unpaired) electrons. The second-order valence-electron chi connectivity index (χ2n) is 4.63. The molecule has 0 heterocycles. The Morgan fingerprint density at radius 3 is 2.67 bits per heavy atom. The van der Waals surface area contributed by atoms with Crippen LogP contribution in [0.25, 0.3) is 0 Å². The lowest BCUT2D eigenvalue weighted by Crippen LogP contribution is -2.31. The highest BCUT2D eigenvalue weighted by molar-refractivity contribution is 4.88. The maximum atomic E-state index is 9.80. The van der Waals surface area contributed by atoms with Crippen LogP contribution in [0.2, 0.25) is 0 Å². The zero-order valence-electron chi connectivity index (χ0n) is 8.21. The molecule has 1 fully saturated rings. The molecule has 2 unspecified atom stereocenters. The van der Waals surface area contributed by atoms with Crippen LogP contribution in [0.1, 0.15) is 39.5 Å². The summed E-state index contributed by atoms with van der Waals surface area (Å²) in [5.41, 5.74) is 5.75. The largest absolute Gasteiger partial charge is 0.393 e. The molecule has 72 valence electrons. The van der Waals surface area contributed by atoms with Crippen molar-refractivity contribution in [3.63, 3.8) is 0 Å². The molecule has 2 heteroatoms. The Morgan fingerprint density at radius 1 is 1.58 bits per heavy atom. The summed E-state index contributed by atoms with van der Waals surface area (Å²) in [5.74, 6) is 0.473. The predicted octanol–water partition coefficient (Wildman–Crippen LogP) is 1.52. The van der Waals surface area contributed by atoms with Crippen LogP contribution in [-0.4, -0.2) is 17.8 Å². The number of hydrogen-bond donors (Lipinski definition) is 2. The summed E-state index contributed by atoms with van der Waals surface area (Å²) in [5, 5.41) is 9.80. The Bertz CT molecular complexity index is 145. The molecule has 0 aliphatic heterocycles. The van der Waals surface area contributed by atoms with Crippen molar-refractivity contribution in [3.05, 3.63) is 0 Å². The van der Waals surface area contributed by atoms with E-state index in [0.29, 0.717) is 17.9 Å². The first-order valence-corrected chi connectivity index (χ1v) is 4.96. The minimum absolute atomic E-state index is 0.174. The van der Waals surface area contributed by atoms with Gasteiger partial charge in [0, 0.05) is 0 Å². The molecule has 2 nitrogen and oxygen atoms in total. The molecule has 2 atom stereocenters. The van der Waals surface area contributed by atoms with E-state index < -0.39 is 0 Å². The minimum Gasteiger partial charge on any atom is -0.393 e. The van der Waals surface area contributed by atoms with Crippen molar-refractivity contribution in [1.29, 1.82) is 0 Å². The summed E-state index contributed by atoms with van der Waals surface area (Å²) in [7, 11) is 0. The molecule has 0 aromatic carbocycles. The van der Waals surface area contributed by atoms with Crippen molar-refractivity contribution in [2.45, 2.75) is 45.6 Å². The van der Waals surface area contributed by atoms with E-state index in [-0.39, 0.29) is 6.10 Å². The molecule has 1 rings (SSSR count). The first kappa shape index (κ1) is 10.0. The summed E-state index contributed by atoms with van der Waals surface area (Å²) in [6.07, 6.45) is 4.27. The van der Waals surface area contributed by atoms with E-state index in [1.54, 1.807) is 0 Å². The van der Waals surface area contributed by atoms with Gasteiger partial charge in [-0.3, -0.25) is 0 Å². The number of aliphatic hydroxyl groups is 1. The van der Waals surface area contributed by atoms with E-state index >= 15 is 0 Å². The summed E-state index contributed by atoms with van der Waals surface area (Å²) in [6.45, 7) is 5.11. The van der Waals surface area contributed by atoms with Crippen LogP contribution in [-0.2, 0) is 0 Å². The van der Waals surface area contributed by atoms with Crippen LogP contribution in [0.5, 0.6) is 0 Å². The van der Waals surface area contributed by atoms with Crippen molar-refractivity contribution in [2.24, 2.45) is 17.1 Å². The average Bonchev–Trinajstić information content (AvgIpc) is 2.30. The van der Waals surface area contributed by atoms with E-state index in [2.05, 4.69) is 13.8 Å². The SMILES string of the molecule is CC1(C)CCCC1C(O)CCN. The molecule has 0 bridgehead atoms. The van der Waals surface area contributed by atoms with E-state index in [1.165, 1.54) is 19.3 Å². The number of nitrogens with two attached hydrogens (primary N) is 1. The fraction of sp³-hybridized carbons (Fsp3) is 1.00. The highest BCUT2D eigenvalue weighted by Crippen LogP contribution is 2.44. The Kier molecular flexibility index (Phi) is 3.13. The fourth-order valence-corrected chi connectivity index (χ4v) is 2.44. The molecule has 0 amide bonds. The second-order valence-corrected chi connectivity index (χ2v) is 4.63. The predicted molar refractivity (Wildman–Crippen MR) is 50.8 cm³/mol. The van der Waals surface area contributed by atoms with Gasteiger partial charge in [-0.1, -0.05) is 20.3 Å². The van der Waals surface area contributed by atoms with Crippen molar-refractivity contribution in [3.8, 4) is 0 Å². The van der Waals surface area contributed by atoms with Crippen molar-refractivity contribution in [2.75, 3.05) is 6.54 Å². The van der Waals surface area contributed by atoms with Gasteiger partial charge >= 0.3 is 0 Å². The maximum absolute atomic E-state index is 9.80. The van der Waals surface area contributed by atoms with E-state index in [9.17, 15) is 5.11 Å². The first-order valence-electron chi connectivity index (χ1n) is 4.96. The van der Waals surface area contributed by atoms with Gasteiger partial charge < -0.3 is 10.8 Å². The van der Waals surface area contributed by atoms with Gasteiger partial charge in [-0.2, -0.15) is 0 Å². The molecular weight excluding hydrogens is 150 g/mol. The van der Waals surface area contributed by atoms with Gasteiger partial charge in [0.05, 0.1) is 6.10 Å². The standard InChI is InChI=1S/C10H21NO/c1-10(2)6-3-4-8(10)9(12)5-7-11/h8-9,12H,3-7,11H2,1-2H3. The van der Waals surface area contributed by atoms with E-state index in [1.807, 2.05) is 0 Å². The Labute approximate surface area is 75.2 Å². The van der Waals surface area contributed by atoms with Crippen molar-refractivity contribution in [1.82, 2.24) is 0 Å². The molecular formula is C10H21NO. The topological polar surface area (TPSA) is 46.2 Å². The summed E-state index contributed by atoms with van der Waals surface area (Å²) >= 11 is 0. The van der Waals surface area contributed by atoms with E-state index in [0.717, 1.165) is 6.42 Å². The highest BCUT2D eigenvalue weighted by Gasteiger charge is 2.38. The Morgan fingerprint density at radius 2 is 2.25 bits per heavy atom. The maximum Gasteiger partial charge on any atom is 0.0585 e. The van der Waals surface area contributed by atoms with Gasteiger partial charge in [0.2, 0.25) is 0 Å². The highest BCUT2D eigenvalue weighted by atomic mass is 16.3. The van der Waals surface area contributed by atoms with Gasteiger partial charge in [-0.05, 0) is 37.1 Å². The number of hydrogen-bond acceptors (Lipinski definition) is 2. The van der Waals surface area contributed by atoms with Gasteiger partial charge in [-0.25, -0.2) is 0 Å². The monoisotopic (exact) mass is 171 g/mol. The third kappa shape index (κ3) is 1.99. The lowest BCUT2D eigenvalue weighted by Gasteiger charge is -2.30. The van der Waals surface area contributed by atoms with Crippen LogP contribution in [0.15, 0.2) is 0 Å². The first-order chi connectivity index (χ1) is 5.58. The zero-order chi connectivity index (χ0) is 9.19. The molecule has 1 aliphatic carbocycles. The van der Waals surface area contributed by atoms with Crippen LogP contribution >= 0.6 is 0 Å². The molecule has 0 aromatic rings. The molecule has 1 aliphatic rings. The molecule has 0 aromatic heterocycles. The molecule has 0 spiro atoms. The molecule has 12 heavy (non-hydrogen) atoms. The van der Waals surface area contributed by atoms with Crippen LogP contribution in [0.3, 0.4) is 0 Å². The van der Waals surface area contributed by atoms with Crippen LogP contribution < -0.4 is 5.73 Å². The average molecular weight is 171 g/mol. The molecule has 1 saturated carbocycles. The van der Waals surface area contributed by atoms with Crippen molar-refractivity contribution >= 4 is 0 Å². The molecule has 0 saturated heterocycles. The Balaban J connectivity index is 2.50. The van der Waals surface area contributed by atoms with Crippen LogP contribution in [0.4, 0.5) is 0 Å². The fourth-order valence-electron chi connectivity index (χ4n) is 2.44. The quantitative estimate of drug-likeness (QED) is 0.676. The van der Waals surface area contributed by atoms with Gasteiger partial charge in [-0.15, -0.1) is 0 Å². The van der Waals surface area contributed by atoms with Gasteiger partial charge in [0.25, 0.3) is 0 Å². The van der Waals surface area contributed by atoms with Gasteiger partial charge in [0.15, 0.2) is 0 Å².